The summed E-state index contributed by atoms with van der Waals surface area (Å²) in [5.41, 5.74) is 2.67. The van der Waals surface area contributed by atoms with E-state index in [9.17, 15) is 9.90 Å². The van der Waals surface area contributed by atoms with Gasteiger partial charge in [-0.15, -0.1) is 0 Å². The minimum Gasteiger partial charge on any atom is -0.508 e. The molecule has 1 heterocycles. The van der Waals surface area contributed by atoms with Gasteiger partial charge < -0.3 is 15.4 Å². The SMILES string of the molecule is O=C(Cc1c[nH]c2ccccc12)Nc1ccc(O)cc1. The number of rotatable bonds is 3. The first-order valence-electron chi connectivity index (χ1n) is 6.36. The molecule has 100 valence electrons. The van der Waals surface area contributed by atoms with Gasteiger partial charge in [-0.2, -0.15) is 0 Å². The van der Waals surface area contributed by atoms with Gasteiger partial charge >= 0.3 is 0 Å². The summed E-state index contributed by atoms with van der Waals surface area (Å²) in [7, 11) is 0. The van der Waals surface area contributed by atoms with Crippen LogP contribution in [0.3, 0.4) is 0 Å². The molecule has 0 saturated carbocycles. The van der Waals surface area contributed by atoms with E-state index in [2.05, 4.69) is 10.3 Å². The molecule has 3 aromatic rings. The number of phenols is 1. The lowest BCUT2D eigenvalue weighted by Crippen LogP contribution is -2.13. The molecule has 0 radical (unpaired) electrons. The number of carbonyl (C=O) groups is 1. The first-order chi connectivity index (χ1) is 9.72. The normalized spacial score (nSPS) is 10.6. The number of H-pyrrole nitrogens is 1. The van der Waals surface area contributed by atoms with E-state index in [4.69, 9.17) is 0 Å². The van der Waals surface area contributed by atoms with Crippen LogP contribution in [0.1, 0.15) is 5.56 Å². The number of aromatic nitrogens is 1. The van der Waals surface area contributed by atoms with Crippen LogP contribution >= 0.6 is 0 Å². The molecule has 0 aliphatic heterocycles. The molecule has 3 N–H and O–H groups in total. The van der Waals surface area contributed by atoms with Crippen molar-refractivity contribution < 1.29 is 9.90 Å². The topological polar surface area (TPSA) is 65.1 Å². The van der Waals surface area contributed by atoms with Crippen LogP contribution in [0.15, 0.2) is 54.7 Å². The second-order valence-electron chi connectivity index (χ2n) is 4.63. The molecule has 0 bridgehead atoms. The molecule has 2 aromatic carbocycles. The van der Waals surface area contributed by atoms with E-state index in [0.29, 0.717) is 12.1 Å². The number of aromatic amines is 1. The van der Waals surface area contributed by atoms with Crippen LogP contribution < -0.4 is 5.32 Å². The second kappa shape index (κ2) is 5.09. The van der Waals surface area contributed by atoms with Crippen LogP contribution in [0.4, 0.5) is 5.69 Å². The number of amides is 1. The number of nitrogens with one attached hydrogen (secondary N) is 2. The predicted molar refractivity (Wildman–Crippen MR) is 78.7 cm³/mol. The van der Waals surface area contributed by atoms with Gasteiger partial charge in [0.15, 0.2) is 0 Å². The van der Waals surface area contributed by atoms with E-state index in [-0.39, 0.29) is 11.7 Å². The van der Waals surface area contributed by atoms with Gasteiger partial charge in [-0.05, 0) is 35.9 Å². The number of benzene rings is 2. The third-order valence-electron chi connectivity index (χ3n) is 3.18. The number of anilines is 1. The highest BCUT2D eigenvalue weighted by Crippen LogP contribution is 2.19. The van der Waals surface area contributed by atoms with Crippen LogP contribution in [-0.2, 0) is 11.2 Å². The zero-order chi connectivity index (χ0) is 13.9. The van der Waals surface area contributed by atoms with E-state index < -0.39 is 0 Å². The molecular weight excluding hydrogens is 252 g/mol. The summed E-state index contributed by atoms with van der Waals surface area (Å²) in [6.07, 6.45) is 2.17. The summed E-state index contributed by atoms with van der Waals surface area (Å²) >= 11 is 0. The molecule has 20 heavy (non-hydrogen) atoms. The minimum atomic E-state index is -0.0829. The van der Waals surface area contributed by atoms with Crippen LogP contribution in [0.25, 0.3) is 10.9 Å². The van der Waals surface area contributed by atoms with Gasteiger partial charge in [0.25, 0.3) is 0 Å². The summed E-state index contributed by atoms with van der Waals surface area (Å²) in [4.78, 5) is 15.2. The smallest absolute Gasteiger partial charge is 0.228 e. The van der Waals surface area contributed by atoms with Gasteiger partial charge in [-0.3, -0.25) is 4.79 Å². The van der Waals surface area contributed by atoms with E-state index in [1.807, 2.05) is 30.5 Å². The van der Waals surface area contributed by atoms with Gasteiger partial charge in [0.2, 0.25) is 5.91 Å². The number of carbonyl (C=O) groups excluding carboxylic acids is 1. The first-order valence-corrected chi connectivity index (χ1v) is 6.36. The van der Waals surface area contributed by atoms with Crippen LogP contribution in [-0.4, -0.2) is 16.0 Å². The molecule has 3 rings (SSSR count). The second-order valence-corrected chi connectivity index (χ2v) is 4.63. The first kappa shape index (κ1) is 12.3. The van der Waals surface area contributed by atoms with E-state index in [1.165, 1.54) is 0 Å². The highest BCUT2D eigenvalue weighted by atomic mass is 16.3. The van der Waals surface area contributed by atoms with Crippen molar-refractivity contribution in [2.75, 3.05) is 5.32 Å². The summed E-state index contributed by atoms with van der Waals surface area (Å²) in [6.45, 7) is 0. The molecule has 1 aromatic heterocycles. The molecule has 0 fully saturated rings. The van der Waals surface area contributed by atoms with Crippen molar-refractivity contribution in [2.24, 2.45) is 0 Å². The van der Waals surface area contributed by atoms with Crippen molar-refractivity contribution in [3.8, 4) is 5.75 Å². The average Bonchev–Trinajstić information content (AvgIpc) is 2.85. The molecule has 0 aliphatic carbocycles. The Hall–Kier alpha value is -2.75. The lowest BCUT2D eigenvalue weighted by atomic mass is 10.1. The summed E-state index contributed by atoms with van der Waals surface area (Å²) in [5, 5.41) is 13.1. The Morgan fingerprint density at radius 3 is 2.65 bits per heavy atom. The number of aromatic hydroxyl groups is 1. The fraction of sp³-hybridized carbons (Fsp3) is 0.0625. The fourth-order valence-electron chi connectivity index (χ4n) is 2.20. The lowest BCUT2D eigenvalue weighted by Gasteiger charge is -2.04. The Balaban J connectivity index is 1.74. The Labute approximate surface area is 116 Å². The Bertz CT molecular complexity index is 745. The Morgan fingerprint density at radius 2 is 1.85 bits per heavy atom. The summed E-state index contributed by atoms with van der Waals surface area (Å²) in [5.74, 6) is 0.0973. The van der Waals surface area contributed by atoms with Crippen molar-refractivity contribution in [1.29, 1.82) is 0 Å². The maximum absolute atomic E-state index is 12.0. The van der Waals surface area contributed by atoms with Crippen molar-refractivity contribution in [3.05, 3.63) is 60.3 Å². The third kappa shape index (κ3) is 2.49. The number of hydrogen-bond donors (Lipinski definition) is 3. The molecule has 0 atom stereocenters. The maximum atomic E-state index is 12.0. The van der Waals surface area contributed by atoms with Crippen LogP contribution in [0.2, 0.25) is 0 Å². The standard InChI is InChI=1S/C16H14N2O2/c19-13-7-5-12(6-8-13)18-16(20)9-11-10-17-15-4-2-1-3-14(11)15/h1-8,10,17,19H,9H2,(H,18,20). The van der Waals surface area contributed by atoms with E-state index in [1.54, 1.807) is 24.3 Å². The molecule has 1 amide bonds. The average molecular weight is 266 g/mol. The number of hydrogen-bond acceptors (Lipinski definition) is 2. The largest absolute Gasteiger partial charge is 0.508 e. The Kier molecular flexibility index (Phi) is 3.13. The number of fused-ring (bicyclic) bond motifs is 1. The lowest BCUT2D eigenvalue weighted by molar-refractivity contribution is -0.115. The highest BCUT2D eigenvalue weighted by Gasteiger charge is 2.08. The molecule has 0 saturated heterocycles. The van der Waals surface area contributed by atoms with Crippen molar-refractivity contribution >= 4 is 22.5 Å². The van der Waals surface area contributed by atoms with Gasteiger partial charge in [0.05, 0.1) is 6.42 Å². The maximum Gasteiger partial charge on any atom is 0.228 e. The zero-order valence-electron chi connectivity index (χ0n) is 10.8. The Morgan fingerprint density at radius 1 is 1.10 bits per heavy atom. The molecule has 0 spiro atoms. The number of para-hydroxylation sites is 1. The summed E-state index contributed by atoms with van der Waals surface area (Å²) in [6, 6.07) is 14.3. The van der Waals surface area contributed by atoms with Crippen molar-refractivity contribution in [2.45, 2.75) is 6.42 Å². The van der Waals surface area contributed by atoms with Gasteiger partial charge in [-0.1, -0.05) is 18.2 Å². The molecule has 0 unspecified atom stereocenters. The highest BCUT2D eigenvalue weighted by molar-refractivity contribution is 5.95. The van der Waals surface area contributed by atoms with Crippen molar-refractivity contribution in [1.82, 2.24) is 4.98 Å². The zero-order valence-corrected chi connectivity index (χ0v) is 10.8. The van der Waals surface area contributed by atoms with Gasteiger partial charge in [0.1, 0.15) is 5.75 Å². The molecule has 4 nitrogen and oxygen atoms in total. The fourth-order valence-corrected chi connectivity index (χ4v) is 2.20. The minimum absolute atomic E-state index is 0.0829. The summed E-state index contributed by atoms with van der Waals surface area (Å²) < 4.78 is 0. The van der Waals surface area contributed by atoms with Gasteiger partial charge in [-0.25, -0.2) is 0 Å². The molecule has 4 heteroatoms. The van der Waals surface area contributed by atoms with Crippen LogP contribution in [0.5, 0.6) is 5.75 Å². The van der Waals surface area contributed by atoms with E-state index >= 15 is 0 Å². The van der Waals surface area contributed by atoms with Crippen LogP contribution in [0, 0.1) is 0 Å². The molecular formula is C16H14N2O2. The van der Waals surface area contributed by atoms with Gasteiger partial charge in [0, 0.05) is 22.8 Å². The predicted octanol–water partition coefficient (Wildman–Crippen LogP) is 3.05. The number of phenolic OH excluding ortho intramolecular Hbond substituents is 1. The monoisotopic (exact) mass is 266 g/mol. The molecule has 0 aliphatic rings. The van der Waals surface area contributed by atoms with E-state index in [0.717, 1.165) is 16.5 Å². The van der Waals surface area contributed by atoms with Crippen molar-refractivity contribution in [3.63, 3.8) is 0 Å². The quantitative estimate of drug-likeness (QED) is 0.638. The third-order valence-corrected chi connectivity index (χ3v) is 3.18.